The van der Waals surface area contributed by atoms with E-state index in [1.165, 1.54) is 12.1 Å². The number of carbonyl (C=O) groups excluding carboxylic acids is 1. The van der Waals surface area contributed by atoms with Crippen LogP contribution < -0.4 is 5.32 Å². The van der Waals surface area contributed by atoms with Crippen molar-refractivity contribution in [2.24, 2.45) is 0 Å². The number of rotatable bonds is 3. The van der Waals surface area contributed by atoms with Crippen LogP contribution in [0, 0.1) is 9.39 Å². The molecular formula is C10H11FINO. The van der Waals surface area contributed by atoms with Crippen LogP contribution in [-0.2, 0) is 4.79 Å². The zero-order valence-corrected chi connectivity index (χ0v) is 9.97. The largest absolute Gasteiger partial charge is 0.325 e. The van der Waals surface area contributed by atoms with Crippen LogP contribution >= 0.6 is 22.6 Å². The molecule has 0 aromatic heterocycles. The van der Waals surface area contributed by atoms with Crippen LogP contribution in [0.1, 0.15) is 19.8 Å². The summed E-state index contributed by atoms with van der Waals surface area (Å²) in [4.78, 5) is 11.2. The van der Waals surface area contributed by atoms with E-state index in [0.717, 1.165) is 6.42 Å². The van der Waals surface area contributed by atoms with Gasteiger partial charge in [0.15, 0.2) is 0 Å². The first-order valence-corrected chi connectivity index (χ1v) is 5.46. The SMILES string of the molecule is CCCC(=O)Nc1ccc(F)cc1I. The number of nitrogens with one attached hydrogen (secondary N) is 1. The summed E-state index contributed by atoms with van der Waals surface area (Å²) in [7, 11) is 0. The Morgan fingerprint density at radius 2 is 2.29 bits per heavy atom. The Kier molecular flexibility index (Phi) is 4.31. The van der Waals surface area contributed by atoms with E-state index in [0.29, 0.717) is 15.7 Å². The van der Waals surface area contributed by atoms with Crippen molar-refractivity contribution < 1.29 is 9.18 Å². The fourth-order valence-electron chi connectivity index (χ4n) is 1.03. The Bertz CT molecular complexity index is 341. The van der Waals surface area contributed by atoms with Gasteiger partial charge in [-0.3, -0.25) is 4.79 Å². The molecular weight excluding hydrogens is 296 g/mol. The van der Waals surface area contributed by atoms with Crippen molar-refractivity contribution in [1.29, 1.82) is 0 Å². The van der Waals surface area contributed by atoms with Gasteiger partial charge in [0.2, 0.25) is 5.91 Å². The molecule has 0 radical (unpaired) electrons. The summed E-state index contributed by atoms with van der Waals surface area (Å²) in [6.45, 7) is 1.94. The Hall–Kier alpha value is -0.650. The number of hydrogen-bond donors (Lipinski definition) is 1. The van der Waals surface area contributed by atoms with E-state index < -0.39 is 0 Å². The molecule has 4 heteroatoms. The van der Waals surface area contributed by atoms with Crippen LogP contribution in [0.3, 0.4) is 0 Å². The first-order valence-electron chi connectivity index (χ1n) is 4.38. The van der Waals surface area contributed by atoms with E-state index in [1.54, 1.807) is 6.07 Å². The lowest BCUT2D eigenvalue weighted by molar-refractivity contribution is -0.116. The van der Waals surface area contributed by atoms with E-state index in [4.69, 9.17) is 0 Å². The van der Waals surface area contributed by atoms with Crippen molar-refractivity contribution in [2.45, 2.75) is 19.8 Å². The van der Waals surface area contributed by atoms with Gasteiger partial charge >= 0.3 is 0 Å². The molecule has 0 aliphatic carbocycles. The second-order valence-electron chi connectivity index (χ2n) is 2.92. The quantitative estimate of drug-likeness (QED) is 0.854. The molecule has 76 valence electrons. The van der Waals surface area contributed by atoms with Crippen molar-refractivity contribution in [3.8, 4) is 0 Å². The van der Waals surface area contributed by atoms with Gasteiger partial charge in [0.25, 0.3) is 0 Å². The highest BCUT2D eigenvalue weighted by atomic mass is 127. The molecule has 0 atom stereocenters. The first-order chi connectivity index (χ1) is 6.63. The van der Waals surface area contributed by atoms with E-state index >= 15 is 0 Å². The van der Waals surface area contributed by atoms with Crippen molar-refractivity contribution in [3.63, 3.8) is 0 Å². The molecule has 0 aliphatic heterocycles. The predicted molar refractivity (Wildman–Crippen MR) is 62.7 cm³/mol. The van der Waals surface area contributed by atoms with E-state index in [2.05, 4.69) is 5.32 Å². The molecule has 0 bridgehead atoms. The third kappa shape index (κ3) is 3.25. The van der Waals surface area contributed by atoms with Gasteiger partial charge in [0.1, 0.15) is 5.82 Å². The average Bonchev–Trinajstić information content (AvgIpc) is 2.10. The summed E-state index contributed by atoms with van der Waals surface area (Å²) in [6, 6.07) is 4.30. The third-order valence-electron chi connectivity index (χ3n) is 1.68. The van der Waals surface area contributed by atoms with Crippen LogP contribution in [0.2, 0.25) is 0 Å². The molecule has 2 nitrogen and oxygen atoms in total. The van der Waals surface area contributed by atoms with Gasteiger partial charge < -0.3 is 5.32 Å². The topological polar surface area (TPSA) is 29.1 Å². The molecule has 0 fully saturated rings. The zero-order chi connectivity index (χ0) is 10.6. The molecule has 1 aromatic rings. The number of carbonyl (C=O) groups is 1. The lowest BCUT2D eigenvalue weighted by Gasteiger charge is -2.06. The highest BCUT2D eigenvalue weighted by Gasteiger charge is 2.04. The number of amides is 1. The number of benzene rings is 1. The summed E-state index contributed by atoms with van der Waals surface area (Å²) < 4.78 is 13.4. The van der Waals surface area contributed by atoms with Crippen LogP contribution in [-0.4, -0.2) is 5.91 Å². The van der Waals surface area contributed by atoms with Gasteiger partial charge in [-0.25, -0.2) is 4.39 Å². The molecule has 0 unspecified atom stereocenters. The van der Waals surface area contributed by atoms with Crippen LogP contribution in [0.15, 0.2) is 18.2 Å². The summed E-state index contributed by atoms with van der Waals surface area (Å²) in [5.41, 5.74) is 0.672. The van der Waals surface area contributed by atoms with E-state index in [-0.39, 0.29) is 11.7 Å². The molecule has 1 amide bonds. The minimum atomic E-state index is -0.289. The maximum Gasteiger partial charge on any atom is 0.224 e. The maximum absolute atomic E-state index is 12.7. The van der Waals surface area contributed by atoms with Gasteiger partial charge in [0.05, 0.1) is 5.69 Å². The molecule has 0 saturated heterocycles. The van der Waals surface area contributed by atoms with Crippen molar-refractivity contribution >= 4 is 34.2 Å². The van der Waals surface area contributed by atoms with Crippen molar-refractivity contribution in [1.82, 2.24) is 0 Å². The minimum absolute atomic E-state index is 0.0305. The zero-order valence-electron chi connectivity index (χ0n) is 7.81. The average molecular weight is 307 g/mol. The van der Waals surface area contributed by atoms with Gasteiger partial charge in [0, 0.05) is 9.99 Å². The van der Waals surface area contributed by atoms with Crippen LogP contribution in [0.4, 0.5) is 10.1 Å². The molecule has 14 heavy (non-hydrogen) atoms. The summed E-state index contributed by atoms with van der Waals surface area (Å²) in [6.07, 6.45) is 1.30. The fraction of sp³-hybridized carbons (Fsp3) is 0.300. The molecule has 1 rings (SSSR count). The molecule has 1 aromatic carbocycles. The van der Waals surface area contributed by atoms with Crippen molar-refractivity contribution in [2.75, 3.05) is 5.32 Å². The Balaban J connectivity index is 2.72. The second kappa shape index (κ2) is 5.29. The highest BCUT2D eigenvalue weighted by molar-refractivity contribution is 14.1. The lowest BCUT2D eigenvalue weighted by Crippen LogP contribution is -2.11. The Labute approximate surface area is 96.0 Å². The molecule has 1 N–H and O–H groups in total. The third-order valence-corrected chi connectivity index (χ3v) is 2.57. The normalized spacial score (nSPS) is 9.93. The van der Waals surface area contributed by atoms with Crippen LogP contribution in [0.25, 0.3) is 0 Å². The van der Waals surface area contributed by atoms with Gasteiger partial charge in [-0.2, -0.15) is 0 Å². The summed E-state index contributed by atoms with van der Waals surface area (Å²) in [5, 5.41) is 2.73. The molecule has 0 aliphatic rings. The monoisotopic (exact) mass is 307 g/mol. The van der Waals surface area contributed by atoms with Gasteiger partial charge in [-0.1, -0.05) is 6.92 Å². The standard InChI is InChI=1S/C10H11FINO/c1-2-3-10(14)13-9-5-4-7(11)6-8(9)12/h4-6H,2-3H2,1H3,(H,13,14). The second-order valence-corrected chi connectivity index (χ2v) is 4.08. The Morgan fingerprint density at radius 3 is 2.86 bits per heavy atom. The smallest absolute Gasteiger partial charge is 0.224 e. The van der Waals surface area contributed by atoms with E-state index in [9.17, 15) is 9.18 Å². The van der Waals surface area contributed by atoms with Gasteiger partial charge in [-0.05, 0) is 47.2 Å². The first kappa shape index (κ1) is 11.4. The highest BCUT2D eigenvalue weighted by Crippen LogP contribution is 2.19. The van der Waals surface area contributed by atoms with Crippen LogP contribution in [0.5, 0.6) is 0 Å². The van der Waals surface area contributed by atoms with E-state index in [1.807, 2.05) is 29.5 Å². The molecule has 0 heterocycles. The number of anilines is 1. The maximum atomic E-state index is 12.7. The lowest BCUT2D eigenvalue weighted by atomic mass is 10.3. The fourth-order valence-corrected chi connectivity index (χ4v) is 1.64. The summed E-state index contributed by atoms with van der Waals surface area (Å²) in [5.74, 6) is -0.320. The summed E-state index contributed by atoms with van der Waals surface area (Å²) >= 11 is 1.99. The number of halogens is 2. The number of hydrogen-bond acceptors (Lipinski definition) is 1. The van der Waals surface area contributed by atoms with Crippen molar-refractivity contribution in [3.05, 3.63) is 27.6 Å². The molecule has 0 spiro atoms. The molecule has 0 saturated carbocycles. The van der Waals surface area contributed by atoms with Gasteiger partial charge in [-0.15, -0.1) is 0 Å². The predicted octanol–water partition coefficient (Wildman–Crippen LogP) is 3.17. The Morgan fingerprint density at radius 1 is 1.57 bits per heavy atom. The minimum Gasteiger partial charge on any atom is -0.325 e.